The van der Waals surface area contributed by atoms with Crippen LogP contribution in [0.3, 0.4) is 0 Å². The molecule has 0 aliphatic heterocycles. The predicted octanol–water partition coefficient (Wildman–Crippen LogP) is 5.20. The molecule has 0 atom stereocenters. The third-order valence-electron chi connectivity index (χ3n) is 4.85. The van der Waals surface area contributed by atoms with E-state index in [1.165, 1.54) is 24.3 Å². The Bertz CT molecular complexity index is 1470. The summed E-state index contributed by atoms with van der Waals surface area (Å²) in [7, 11) is -4.08. The first-order chi connectivity index (χ1) is 16.4. The van der Waals surface area contributed by atoms with E-state index in [-0.39, 0.29) is 16.5 Å². The Morgan fingerprint density at radius 2 is 1.57 bits per heavy atom. The first-order valence-corrected chi connectivity index (χ1v) is 11.8. The zero-order valence-electron chi connectivity index (χ0n) is 18.8. The van der Waals surface area contributed by atoms with Gasteiger partial charge in [0.05, 0.1) is 16.2 Å². The van der Waals surface area contributed by atoms with Crippen molar-refractivity contribution in [3.05, 3.63) is 83.4 Å². The van der Waals surface area contributed by atoms with Gasteiger partial charge in [-0.3, -0.25) is 4.72 Å². The summed E-state index contributed by atoms with van der Waals surface area (Å²) in [5.41, 5.74) is 1.02. The highest BCUT2D eigenvalue weighted by Crippen LogP contribution is 2.30. The Morgan fingerprint density at radius 1 is 0.914 bits per heavy atom. The maximum atomic E-state index is 12.7. The molecule has 0 radical (unpaired) electrons. The van der Waals surface area contributed by atoms with Crippen molar-refractivity contribution >= 4 is 15.7 Å². The van der Waals surface area contributed by atoms with E-state index in [1.54, 1.807) is 17.7 Å². The van der Waals surface area contributed by atoms with Gasteiger partial charge in [0.15, 0.2) is 5.82 Å². The lowest BCUT2D eigenvalue weighted by atomic mass is 10.2. The minimum Gasteiger partial charge on any atom is -0.439 e. The molecule has 0 aliphatic rings. The first-order valence-electron chi connectivity index (χ1n) is 10.3. The van der Waals surface area contributed by atoms with Gasteiger partial charge in [-0.2, -0.15) is 23.3 Å². The lowest BCUT2D eigenvalue weighted by Crippen LogP contribution is -2.13. The van der Waals surface area contributed by atoms with Crippen LogP contribution in [-0.2, 0) is 16.2 Å². The van der Waals surface area contributed by atoms with E-state index in [0.717, 1.165) is 35.7 Å². The molecule has 0 spiro atoms. The van der Waals surface area contributed by atoms with Crippen molar-refractivity contribution < 1.29 is 26.3 Å². The molecule has 0 amide bonds. The third kappa shape index (κ3) is 5.60. The summed E-state index contributed by atoms with van der Waals surface area (Å²) in [5.74, 6) is 1.68. The van der Waals surface area contributed by atoms with Gasteiger partial charge >= 0.3 is 6.18 Å². The van der Waals surface area contributed by atoms with Crippen LogP contribution in [0.25, 0.3) is 5.82 Å². The molecule has 0 saturated heterocycles. The first kappa shape index (κ1) is 24.2. The van der Waals surface area contributed by atoms with E-state index in [4.69, 9.17) is 4.74 Å². The monoisotopic (exact) mass is 503 g/mol. The summed E-state index contributed by atoms with van der Waals surface area (Å²) in [6.45, 7) is 5.51. The molecule has 182 valence electrons. The highest BCUT2D eigenvalue weighted by atomic mass is 32.2. The number of halogens is 3. The molecule has 2 heterocycles. The Labute approximate surface area is 199 Å². The number of hydrogen-bond acceptors (Lipinski definition) is 6. The summed E-state index contributed by atoms with van der Waals surface area (Å²) < 4.78 is 73.0. The molecular formula is C23H20F3N5O3S. The van der Waals surface area contributed by atoms with Crippen molar-refractivity contribution in [3.63, 3.8) is 0 Å². The second-order valence-corrected chi connectivity index (χ2v) is 9.39. The molecule has 8 nitrogen and oxygen atoms in total. The minimum absolute atomic E-state index is 0.208. The molecule has 12 heteroatoms. The van der Waals surface area contributed by atoms with Crippen molar-refractivity contribution in [1.82, 2.24) is 19.7 Å². The fourth-order valence-corrected chi connectivity index (χ4v) is 4.35. The van der Waals surface area contributed by atoms with Gasteiger partial charge in [-0.25, -0.2) is 18.1 Å². The maximum Gasteiger partial charge on any atom is 0.416 e. The number of alkyl halides is 3. The van der Waals surface area contributed by atoms with Crippen LogP contribution in [-0.4, -0.2) is 28.2 Å². The van der Waals surface area contributed by atoms with Crippen LogP contribution < -0.4 is 9.46 Å². The highest BCUT2D eigenvalue weighted by Gasteiger charge is 2.30. The van der Waals surface area contributed by atoms with Gasteiger partial charge in [0.2, 0.25) is 5.88 Å². The molecule has 2 aromatic heterocycles. The average molecular weight is 504 g/mol. The van der Waals surface area contributed by atoms with Gasteiger partial charge in [-0.05, 0) is 75.4 Å². The number of hydrogen-bond donors (Lipinski definition) is 1. The number of aryl methyl sites for hydroxylation is 3. The van der Waals surface area contributed by atoms with E-state index in [1.807, 2.05) is 19.9 Å². The van der Waals surface area contributed by atoms with E-state index in [2.05, 4.69) is 19.8 Å². The molecule has 0 saturated carbocycles. The van der Waals surface area contributed by atoms with Gasteiger partial charge in [-0.1, -0.05) is 0 Å². The molecular weight excluding hydrogens is 483 g/mol. The second kappa shape index (κ2) is 9.02. The number of anilines is 1. The number of nitrogens with one attached hydrogen (secondary N) is 1. The van der Waals surface area contributed by atoms with Crippen molar-refractivity contribution in [2.45, 2.75) is 31.8 Å². The van der Waals surface area contributed by atoms with Gasteiger partial charge in [0.1, 0.15) is 11.6 Å². The normalized spacial score (nSPS) is 11.9. The molecule has 0 fully saturated rings. The van der Waals surface area contributed by atoms with E-state index in [9.17, 15) is 21.6 Å². The van der Waals surface area contributed by atoms with Crippen LogP contribution in [0.1, 0.15) is 22.8 Å². The van der Waals surface area contributed by atoms with Gasteiger partial charge < -0.3 is 4.74 Å². The van der Waals surface area contributed by atoms with Gasteiger partial charge in [0.25, 0.3) is 10.0 Å². The number of aromatic nitrogens is 4. The van der Waals surface area contributed by atoms with Crippen molar-refractivity contribution in [2.24, 2.45) is 0 Å². The summed E-state index contributed by atoms with van der Waals surface area (Å²) in [5, 5.41) is 4.41. The zero-order chi connectivity index (χ0) is 25.4. The number of rotatable bonds is 6. The Balaban J connectivity index is 1.49. The third-order valence-corrected chi connectivity index (χ3v) is 6.25. The van der Waals surface area contributed by atoms with E-state index in [0.29, 0.717) is 17.4 Å². The average Bonchev–Trinajstić information content (AvgIpc) is 3.12. The fourth-order valence-electron chi connectivity index (χ4n) is 3.30. The van der Waals surface area contributed by atoms with Crippen LogP contribution >= 0.6 is 0 Å². The summed E-state index contributed by atoms with van der Waals surface area (Å²) in [6.07, 6.45) is -4.55. The van der Waals surface area contributed by atoms with E-state index < -0.39 is 21.8 Å². The Kier molecular flexibility index (Phi) is 6.24. The number of sulfonamides is 1. The van der Waals surface area contributed by atoms with E-state index >= 15 is 0 Å². The predicted molar refractivity (Wildman–Crippen MR) is 122 cm³/mol. The highest BCUT2D eigenvalue weighted by molar-refractivity contribution is 7.92. The van der Waals surface area contributed by atoms with Crippen molar-refractivity contribution in [1.29, 1.82) is 0 Å². The second-order valence-electron chi connectivity index (χ2n) is 7.70. The molecule has 2 aromatic carbocycles. The van der Waals surface area contributed by atoms with Gasteiger partial charge in [0, 0.05) is 17.4 Å². The van der Waals surface area contributed by atoms with Crippen LogP contribution in [0, 0.1) is 20.8 Å². The lowest BCUT2D eigenvalue weighted by molar-refractivity contribution is -0.137. The summed E-state index contributed by atoms with van der Waals surface area (Å²) >= 11 is 0. The Hall–Kier alpha value is -3.93. The topological polar surface area (TPSA) is 99.0 Å². The van der Waals surface area contributed by atoms with Gasteiger partial charge in [-0.15, -0.1) is 0 Å². The fraction of sp³-hybridized carbons (Fsp3) is 0.174. The smallest absolute Gasteiger partial charge is 0.416 e. The molecule has 0 aliphatic carbocycles. The van der Waals surface area contributed by atoms with Crippen LogP contribution in [0.4, 0.5) is 18.9 Å². The zero-order valence-corrected chi connectivity index (χ0v) is 19.6. The van der Waals surface area contributed by atoms with Crippen LogP contribution in [0.2, 0.25) is 0 Å². The lowest BCUT2D eigenvalue weighted by Gasteiger charge is -2.11. The number of benzene rings is 2. The minimum atomic E-state index is -4.55. The maximum absolute atomic E-state index is 12.7. The summed E-state index contributed by atoms with van der Waals surface area (Å²) in [6, 6.07) is 12.8. The molecule has 0 bridgehead atoms. The van der Waals surface area contributed by atoms with Crippen molar-refractivity contribution in [3.8, 4) is 17.4 Å². The van der Waals surface area contributed by atoms with Crippen LogP contribution in [0.15, 0.2) is 65.6 Å². The summed E-state index contributed by atoms with van der Waals surface area (Å²) in [4.78, 5) is 8.37. The quantitative estimate of drug-likeness (QED) is 0.388. The van der Waals surface area contributed by atoms with Crippen molar-refractivity contribution in [2.75, 3.05) is 4.72 Å². The number of ether oxygens (including phenoxy) is 1. The standard InChI is InChI=1S/C23H20F3N5O3S/c1-14-12-15(2)31(29-14)21-13-22(28-16(3)27-21)34-19-8-6-18(7-9-19)30-35(32,33)20-10-4-17(5-11-20)23(24,25)26/h4-13,30H,1-3H3. The van der Waals surface area contributed by atoms with Crippen LogP contribution in [0.5, 0.6) is 11.6 Å². The molecule has 4 aromatic rings. The molecule has 35 heavy (non-hydrogen) atoms. The molecule has 1 N–H and O–H groups in total. The molecule has 0 unspecified atom stereocenters. The largest absolute Gasteiger partial charge is 0.439 e. The Morgan fingerprint density at radius 3 is 2.14 bits per heavy atom. The number of nitrogens with zero attached hydrogens (tertiary/aromatic N) is 4. The molecule has 4 rings (SSSR count). The SMILES string of the molecule is Cc1cc(C)n(-c2cc(Oc3ccc(NS(=O)(=O)c4ccc(C(F)(F)F)cc4)cc3)nc(C)n2)n1.